The number of ether oxygens (including phenoxy) is 1. The van der Waals surface area contributed by atoms with E-state index in [1.54, 1.807) is 23.9 Å². The third-order valence-corrected chi connectivity index (χ3v) is 11.7. The molecule has 3 aromatic heterocycles. The average molecular weight is 685 g/mol. The van der Waals surface area contributed by atoms with Crippen LogP contribution >= 0.6 is 0 Å². The van der Waals surface area contributed by atoms with Crippen LogP contribution in [0.3, 0.4) is 0 Å². The van der Waals surface area contributed by atoms with Gasteiger partial charge in [-0.25, -0.2) is 8.91 Å². The van der Waals surface area contributed by atoms with Crippen molar-refractivity contribution in [2.45, 2.75) is 95.5 Å². The number of para-hydroxylation sites is 1. The number of benzene rings is 1. The van der Waals surface area contributed by atoms with Crippen molar-refractivity contribution in [2.75, 3.05) is 33.3 Å². The molecule has 2 amide bonds. The fraction of sp³-hybridized carbons (Fsp3) is 0.564. The zero-order chi connectivity index (χ0) is 34.7. The van der Waals surface area contributed by atoms with E-state index in [1.165, 1.54) is 34.2 Å². The predicted molar refractivity (Wildman–Crippen MR) is 190 cm³/mol. The van der Waals surface area contributed by atoms with Crippen LogP contribution in [0.4, 0.5) is 4.39 Å². The number of nitrogens with two attached hydrogens (primary N) is 1. The van der Waals surface area contributed by atoms with Crippen LogP contribution in [0.5, 0.6) is 5.75 Å². The first-order chi connectivity index (χ1) is 24.2. The molecule has 1 aromatic carbocycles. The molecule has 2 saturated heterocycles. The average Bonchev–Trinajstić information content (AvgIpc) is 3.78. The summed E-state index contributed by atoms with van der Waals surface area (Å²) in [4.78, 5) is 30.5. The summed E-state index contributed by atoms with van der Waals surface area (Å²) in [5.74, 6) is 1.54. The fourth-order valence-electron chi connectivity index (χ4n) is 8.84. The molecule has 4 fully saturated rings. The van der Waals surface area contributed by atoms with E-state index in [4.69, 9.17) is 15.6 Å². The lowest BCUT2D eigenvalue weighted by Crippen LogP contribution is -2.50. The van der Waals surface area contributed by atoms with Crippen molar-refractivity contribution in [3.63, 3.8) is 0 Å². The van der Waals surface area contributed by atoms with Crippen LogP contribution in [-0.2, 0) is 11.3 Å². The van der Waals surface area contributed by atoms with Crippen molar-refractivity contribution in [1.82, 2.24) is 24.0 Å². The van der Waals surface area contributed by atoms with Crippen LogP contribution in [0.2, 0.25) is 0 Å². The topological polar surface area (TPSA) is 118 Å². The number of halogens is 1. The van der Waals surface area contributed by atoms with Crippen molar-refractivity contribution in [2.24, 2.45) is 17.6 Å². The highest BCUT2D eigenvalue weighted by Crippen LogP contribution is 2.42. The second-order valence-corrected chi connectivity index (χ2v) is 15.3. The van der Waals surface area contributed by atoms with Gasteiger partial charge in [0.1, 0.15) is 23.1 Å². The molecule has 4 aliphatic rings. The molecular weight excluding hydrogens is 635 g/mol. The Kier molecular flexibility index (Phi) is 8.83. The first-order valence-electron chi connectivity index (χ1n) is 18.5. The summed E-state index contributed by atoms with van der Waals surface area (Å²) in [5.41, 5.74) is 12.7. The number of alkyl halides is 1. The molecule has 8 rings (SSSR count). The van der Waals surface area contributed by atoms with Gasteiger partial charge in [0.05, 0.1) is 36.5 Å². The van der Waals surface area contributed by atoms with Gasteiger partial charge in [-0.3, -0.25) is 9.59 Å². The molecule has 10 nitrogen and oxygen atoms in total. The number of piperidine rings is 2. The lowest BCUT2D eigenvalue weighted by Gasteiger charge is -2.36. The zero-order valence-corrected chi connectivity index (χ0v) is 29.2. The highest BCUT2D eigenvalue weighted by molar-refractivity contribution is 5.96. The minimum Gasteiger partial charge on any atom is -0.494 e. The molecule has 2 aliphatic heterocycles. The summed E-state index contributed by atoms with van der Waals surface area (Å²) < 4.78 is 24.4. The molecule has 0 unspecified atom stereocenters. The molecule has 2 saturated carbocycles. The summed E-state index contributed by atoms with van der Waals surface area (Å²) in [5, 5.41) is 16.2. The van der Waals surface area contributed by atoms with Gasteiger partial charge in [0, 0.05) is 55.3 Å². The number of amides is 2. The van der Waals surface area contributed by atoms with E-state index >= 15 is 0 Å². The van der Waals surface area contributed by atoms with Crippen LogP contribution in [0.25, 0.3) is 27.8 Å². The SMILES string of the molecule is COc1cc(C(=O)N2C[C@H](N)C[C@@H](F)C2)cn2nc(-c3cc4cccc(C5CCN(C(=O)[C@H]6CC[C@H](O)CC6)CC5)c4n3CC3CC3)c(C)c12. The van der Waals surface area contributed by atoms with E-state index in [0.29, 0.717) is 29.7 Å². The summed E-state index contributed by atoms with van der Waals surface area (Å²) in [6, 6.07) is 10.2. The van der Waals surface area contributed by atoms with Gasteiger partial charge in [-0.05, 0) is 94.2 Å². The molecule has 2 atom stereocenters. The van der Waals surface area contributed by atoms with Gasteiger partial charge in [-0.15, -0.1) is 0 Å². The first kappa shape index (κ1) is 33.2. The summed E-state index contributed by atoms with van der Waals surface area (Å²) >= 11 is 0. The number of fused-ring (bicyclic) bond motifs is 2. The highest BCUT2D eigenvalue weighted by atomic mass is 19.1. The molecule has 11 heteroatoms. The molecule has 0 bridgehead atoms. The largest absolute Gasteiger partial charge is 0.494 e. The van der Waals surface area contributed by atoms with Gasteiger partial charge in [0.25, 0.3) is 5.91 Å². The van der Waals surface area contributed by atoms with Crippen LogP contribution in [-0.4, -0.2) is 92.5 Å². The smallest absolute Gasteiger partial charge is 0.255 e. The number of aliphatic hydroxyl groups is 1. The standard InChI is InChI=1S/C39H49FN6O4/c1-23-35(42-46-20-28(17-34(50-2)36(23)46)39(49)44-21-29(40)18-30(41)22-44)33-16-27-4-3-5-32(37(27)45(33)19-24-6-7-24)25-12-14-43(15-13-25)38(48)26-8-10-31(47)11-9-26/h3-5,16-17,20,24-26,29-31,47H,6-15,18-19,21-22,41H2,1-2H3/t26-,29-,30-,31-/m1/s1. The van der Waals surface area contributed by atoms with E-state index in [1.807, 2.05) is 0 Å². The number of nitrogens with zero attached hydrogens (tertiary/aromatic N) is 5. The summed E-state index contributed by atoms with van der Waals surface area (Å²) in [7, 11) is 1.60. The van der Waals surface area contributed by atoms with Crippen LogP contribution in [0.1, 0.15) is 85.2 Å². The van der Waals surface area contributed by atoms with Crippen molar-refractivity contribution < 1.29 is 23.8 Å². The number of aryl methyl sites for hydroxylation is 1. The second kappa shape index (κ2) is 13.3. The number of likely N-dealkylation sites (tertiary alicyclic amines) is 2. The molecule has 266 valence electrons. The van der Waals surface area contributed by atoms with Crippen LogP contribution < -0.4 is 10.5 Å². The number of aliphatic hydroxyl groups excluding tert-OH is 1. The second-order valence-electron chi connectivity index (χ2n) is 15.3. The summed E-state index contributed by atoms with van der Waals surface area (Å²) in [6.07, 6.45) is 7.89. The zero-order valence-electron chi connectivity index (χ0n) is 29.2. The van der Waals surface area contributed by atoms with Gasteiger partial charge in [-0.2, -0.15) is 5.10 Å². The van der Waals surface area contributed by atoms with E-state index in [9.17, 15) is 19.1 Å². The van der Waals surface area contributed by atoms with E-state index in [0.717, 1.165) is 80.6 Å². The van der Waals surface area contributed by atoms with Crippen molar-refractivity contribution in [3.05, 3.63) is 53.2 Å². The number of carbonyl (C=O) groups excluding carboxylic acids is 2. The number of pyridine rings is 1. The minimum absolute atomic E-state index is 0.0285. The number of hydrogen-bond acceptors (Lipinski definition) is 6. The van der Waals surface area contributed by atoms with Gasteiger partial charge in [0.2, 0.25) is 5.91 Å². The first-order valence-corrected chi connectivity index (χ1v) is 18.5. The minimum atomic E-state index is -1.14. The maximum absolute atomic E-state index is 14.4. The monoisotopic (exact) mass is 684 g/mol. The molecule has 2 aliphatic carbocycles. The predicted octanol–water partition coefficient (Wildman–Crippen LogP) is 5.45. The Morgan fingerprint density at radius 1 is 1.00 bits per heavy atom. The van der Waals surface area contributed by atoms with Gasteiger partial charge >= 0.3 is 0 Å². The van der Waals surface area contributed by atoms with Crippen molar-refractivity contribution in [3.8, 4) is 17.1 Å². The van der Waals surface area contributed by atoms with Crippen molar-refractivity contribution in [1.29, 1.82) is 0 Å². The molecule has 0 radical (unpaired) electrons. The van der Waals surface area contributed by atoms with Crippen molar-refractivity contribution >= 4 is 28.2 Å². The molecule has 5 heterocycles. The van der Waals surface area contributed by atoms with Crippen LogP contribution in [0, 0.1) is 18.8 Å². The third kappa shape index (κ3) is 6.16. The number of hydrogen-bond donors (Lipinski definition) is 2. The maximum atomic E-state index is 14.4. The molecule has 4 aromatic rings. The number of carbonyl (C=O) groups is 2. The lowest BCUT2D eigenvalue weighted by atomic mass is 9.84. The van der Waals surface area contributed by atoms with Crippen LogP contribution in [0.15, 0.2) is 36.5 Å². The molecule has 50 heavy (non-hydrogen) atoms. The molecule has 0 spiro atoms. The van der Waals surface area contributed by atoms with E-state index in [2.05, 4.69) is 40.7 Å². The number of aromatic nitrogens is 3. The maximum Gasteiger partial charge on any atom is 0.255 e. The number of methoxy groups -OCH3 is 1. The van der Waals surface area contributed by atoms with Gasteiger partial charge in [0.15, 0.2) is 0 Å². The van der Waals surface area contributed by atoms with Gasteiger partial charge in [-0.1, -0.05) is 18.2 Å². The lowest BCUT2D eigenvalue weighted by molar-refractivity contribution is -0.138. The Bertz CT molecular complexity index is 1910. The Hall–Kier alpha value is -3.96. The number of rotatable bonds is 7. The van der Waals surface area contributed by atoms with E-state index < -0.39 is 12.2 Å². The molecular formula is C39H49FN6O4. The quantitative estimate of drug-likeness (QED) is 0.267. The summed E-state index contributed by atoms with van der Waals surface area (Å²) in [6.45, 7) is 4.83. The highest BCUT2D eigenvalue weighted by Gasteiger charge is 2.34. The Morgan fingerprint density at radius 2 is 1.76 bits per heavy atom. The fourth-order valence-corrected chi connectivity index (χ4v) is 8.84. The molecule has 3 N–H and O–H groups in total. The van der Waals surface area contributed by atoms with Gasteiger partial charge < -0.3 is 29.9 Å². The Labute approximate surface area is 292 Å². The normalized spacial score (nSPS) is 25.1. The van der Waals surface area contributed by atoms with E-state index in [-0.39, 0.29) is 36.8 Å². The Morgan fingerprint density at radius 3 is 2.46 bits per heavy atom. The third-order valence-electron chi connectivity index (χ3n) is 11.7. The Balaban J connectivity index is 1.12.